The quantitative estimate of drug-likeness (QED) is 0.772. The van der Waals surface area contributed by atoms with E-state index in [4.69, 9.17) is 11.6 Å². The van der Waals surface area contributed by atoms with Gasteiger partial charge in [-0.2, -0.15) is 0 Å². The van der Waals surface area contributed by atoms with Gasteiger partial charge < -0.3 is 4.90 Å². The molecule has 1 heterocycles. The van der Waals surface area contributed by atoms with Gasteiger partial charge in [0.05, 0.1) is 0 Å². The van der Waals surface area contributed by atoms with Crippen LogP contribution in [0.25, 0.3) is 0 Å². The van der Waals surface area contributed by atoms with Crippen molar-refractivity contribution in [3.63, 3.8) is 0 Å². The zero-order chi connectivity index (χ0) is 17.6. The van der Waals surface area contributed by atoms with Crippen molar-refractivity contribution in [1.29, 1.82) is 0 Å². The molecule has 0 N–H and O–H groups in total. The summed E-state index contributed by atoms with van der Waals surface area (Å²) in [6.45, 7) is 3.61. The summed E-state index contributed by atoms with van der Waals surface area (Å²) in [5.74, 6) is 5.16. The van der Waals surface area contributed by atoms with E-state index in [1.165, 1.54) is 12.1 Å². The van der Waals surface area contributed by atoms with Crippen molar-refractivity contribution in [3.8, 4) is 11.8 Å². The van der Waals surface area contributed by atoms with Gasteiger partial charge in [-0.05, 0) is 35.9 Å². The first kappa shape index (κ1) is 17.5. The van der Waals surface area contributed by atoms with Gasteiger partial charge >= 0.3 is 0 Å². The van der Waals surface area contributed by atoms with E-state index in [1.54, 1.807) is 29.2 Å². The van der Waals surface area contributed by atoms with Gasteiger partial charge in [-0.15, -0.1) is 0 Å². The average molecular weight is 357 g/mol. The van der Waals surface area contributed by atoms with Gasteiger partial charge in [0.1, 0.15) is 5.82 Å². The summed E-state index contributed by atoms with van der Waals surface area (Å²) in [4.78, 5) is 16.2. The highest BCUT2D eigenvalue weighted by Gasteiger charge is 2.19. The van der Waals surface area contributed by atoms with Gasteiger partial charge in [-0.3, -0.25) is 9.69 Å². The van der Waals surface area contributed by atoms with Crippen LogP contribution in [0.3, 0.4) is 0 Å². The lowest BCUT2D eigenvalue weighted by Gasteiger charge is -2.33. The second-order valence-corrected chi connectivity index (χ2v) is 6.39. The molecule has 0 saturated carbocycles. The van der Waals surface area contributed by atoms with Crippen molar-refractivity contribution in [2.24, 2.45) is 0 Å². The van der Waals surface area contributed by atoms with Gasteiger partial charge in [0.25, 0.3) is 5.91 Å². The van der Waals surface area contributed by atoms with Crippen LogP contribution >= 0.6 is 11.6 Å². The van der Waals surface area contributed by atoms with Crippen LogP contribution in [0.15, 0.2) is 48.5 Å². The van der Waals surface area contributed by atoms with Crippen molar-refractivity contribution in [3.05, 3.63) is 70.5 Å². The summed E-state index contributed by atoms with van der Waals surface area (Å²) in [5, 5.41) is 0.605. The zero-order valence-electron chi connectivity index (χ0n) is 13.7. The number of hydrogen-bond acceptors (Lipinski definition) is 2. The molecule has 1 aliphatic rings. The summed E-state index contributed by atoms with van der Waals surface area (Å²) in [7, 11) is 0. The fourth-order valence-corrected chi connectivity index (χ4v) is 2.92. The van der Waals surface area contributed by atoms with E-state index in [1.807, 2.05) is 12.1 Å². The molecular formula is C20H18ClFN2O. The normalized spacial score (nSPS) is 14.7. The first-order valence-electron chi connectivity index (χ1n) is 8.13. The Kier molecular flexibility index (Phi) is 5.70. The molecule has 1 fully saturated rings. The Hall–Kier alpha value is -2.35. The average Bonchev–Trinajstić information content (AvgIpc) is 2.62. The van der Waals surface area contributed by atoms with Gasteiger partial charge in [-0.25, -0.2) is 4.39 Å². The lowest BCUT2D eigenvalue weighted by Crippen LogP contribution is -2.47. The largest absolute Gasteiger partial charge is 0.329 e. The van der Waals surface area contributed by atoms with E-state index in [0.29, 0.717) is 18.1 Å². The number of piperazine rings is 1. The number of halogens is 2. The monoisotopic (exact) mass is 356 g/mol. The van der Waals surface area contributed by atoms with Crippen LogP contribution in [-0.2, 0) is 11.3 Å². The third kappa shape index (κ3) is 5.06. The Morgan fingerprint density at radius 2 is 1.80 bits per heavy atom. The molecule has 0 atom stereocenters. The number of nitrogens with zero attached hydrogens (tertiary/aromatic N) is 2. The molecule has 1 amide bonds. The molecule has 1 aliphatic heterocycles. The van der Waals surface area contributed by atoms with Gasteiger partial charge in [0.2, 0.25) is 0 Å². The lowest BCUT2D eigenvalue weighted by molar-refractivity contribution is -0.126. The second-order valence-electron chi connectivity index (χ2n) is 5.96. The predicted octanol–water partition coefficient (Wildman–Crippen LogP) is 3.18. The van der Waals surface area contributed by atoms with Crippen LogP contribution in [0, 0.1) is 17.7 Å². The highest BCUT2D eigenvalue weighted by atomic mass is 35.5. The van der Waals surface area contributed by atoms with Crippen molar-refractivity contribution in [2.45, 2.75) is 6.54 Å². The summed E-state index contributed by atoms with van der Waals surface area (Å²) in [6.07, 6.45) is 0. The highest BCUT2D eigenvalue weighted by Crippen LogP contribution is 2.11. The molecule has 0 aromatic heterocycles. The third-order valence-electron chi connectivity index (χ3n) is 4.12. The molecule has 3 nitrogen and oxygen atoms in total. The molecule has 3 rings (SSSR count). The maximum absolute atomic E-state index is 12.9. The summed E-state index contributed by atoms with van der Waals surface area (Å²) in [5.41, 5.74) is 1.80. The first-order valence-corrected chi connectivity index (χ1v) is 8.51. The number of carbonyl (C=O) groups is 1. The molecule has 2 aromatic carbocycles. The Bertz CT molecular complexity index is 802. The summed E-state index contributed by atoms with van der Waals surface area (Å²) >= 11 is 5.91. The maximum Gasteiger partial charge on any atom is 0.298 e. The number of carbonyl (C=O) groups excluding carboxylic acids is 1. The molecule has 0 unspecified atom stereocenters. The number of amides is 1. The third-order valence-corrected chi connectivity index (χ3v) is 4.35. The van der Waals surface area contributed by atoms with Crippen LogP contribution in [0.1, 0.15) is 11.1 Å². The topological polar surface area (TPSA) is 23.6 Å². The van der Waals surface area contributed by atoms with E-state index in [-0.39, 0.29) is 11.7 Å². The fourth-order valence-electron chi connectivity index (χ4n) is 2.73. The predicted molar refractivity (Wildman–Crippen MR) is 96.6 cm³/mol. The standard InChI is InChI=1S/C20H18ClFN2O/c21-18-3-1-2-16(14-18)6-9-20(25)24-12-10-23(11-13-24)15-17-4-7-19(22)8-5-17/h1-5,7-8,14H,10-13,15H2. The number of rotatable bonds is 2. The van der Waals surface area contributed by atoms with E-state index < -0.39 is 0 Å². The van der Waals surface area contributed by atoms with E-state index in [9.17, 15) is 9.18 Å². The SMILES string of the molecule is O=C(C#Cc1cccc(Cl)c1)N1CCN(Cc2ccc(F)cc2)CC1. The Morgan fingerprint density at radius 1 is 1.08 bits per heavy atom. The lowest BCUT2D eigenvalue weighted by atomic mass is 10.2. The highest BCUT2D eigenvalue weighted by molar-refractivity contribution is 6.30. The van der Waals surface area contributed by atoms with Crippen LogP contribution < -0.4 is 0 Å². The van der Waals surface area contributed by atoms with Crippen molar-refractivity contribution < 1.29 is 9.18 Å². The van der Waals surface area contributed by atoms with Gasteiger partial charge in [0.15, 0.2) is 0 Å². The Labute approximate surface area is 152 Å². The second kappa shape index (κ2) is 8.15. The smallest absolute Gasteiger partial charge is 0.298 e. The van der Waals surface area contributed by atoms with Crippen LogP contribution in [0.4, 0.5) is 4.39 Å². The summed E-state index contributed by atoms with van der Waals surface area (Å²) in [6, 6.07) is 13.7. The molecule has 1 saturated heterocycles. The molecule has 0 spiro atoms. The van der Waals surface area contributed by atoms with E-state index >= 15 is 0 Å². The molecule has 0 aliphatic carbocycles. The van der Waals surface area contributed by atoms with Crippen molar-refractivity contribution in [2.75, 3.05) is 26.2 Å². The fraction of sp³-hybridized carbons (Fsp3) is 0.250. The van der Waals surface area contributed by atoms with Crippen LogP contribution in [0.2, 0.25) is 5.02 Å². The molecule has 0 radical (unpaired) electrons. The van der Waals surface area contributed by atoms with Crippen molar-refractivity contribution >= 4 is 17.5 Å². The zero-order valence-corrected chi connectivity index (χ0v) is 14.5. The Morgan fingerprint density at radius 3 is 2.48 bits per heavy atom. The minimum atomic E-state index is -0.225. The van der Waals surface area contributed by atoms with Gasteiger partial charge in [0, 0.05) is 49.2 Å². The molecule has 0 bridgehead atoms. The maximum atomic E-state index is 12.9. The van der Waals surface area contributed by atoms with Crippen molar-refractivity contribution in [1.82, 2.24) is 9.80 Å². The summed E-state index contributed by atoms with van der Waals surface area (Å²) < 4.78 is 12.9. The minimum Gasteiger partial charge on any atom is -0.329 e. The molecule has 5 heteroatoms. The van der Waals surface area contributed by atoms with Crippen LogP contribution in [-0.4, -0.2) is 41.9 Å². The Balaban J connectivity index is 1.52. The van der Waals surface area contributed by atoms with E-state index in [0.717, 1.165) is 30.8 Å². The van der Waals surface area contributed by atoms with E-state index in [2.05, 4.69) is 16.7 Å². The number of hydrogen-bond donors (Lipinski definition) is 0. The molecule has 25 heavy (non-hydrogen) atoms. The van der Waals surface area contributed by atoms with Gasteiger partial charge in [-0.1, -0.05) is 35.7 Å². The van der Waals surface area contributed by atoms with Crippen LogP contribution in [0.5, 0.6) is 0 Å². The molecule has 2 aromatic rings. The minimum absolute atomic E-state index is 0.165. The first-order chi connectivity index (χ1) is 12.1. The number of benzene rings is 2. The molecule has 128 valence electrons. The molecular weight excluding hydrogens is 339 g/mol.